The fourth-order valence-electron chi connectivity index (χ4n) is 7.42. The summed E-state index contributed by atoms with van der Waals surface area (Å²) < 4.78 is 34.5. The second kappa shape index (κ2) is 19.4. The van der Waals surface area contributed by atoms with Crippen molar-refractivity contribution in [1.82, 2.24) is 0 Å². The molecule has 7 rings (SSSR count). The van der Waals surface area contributed by atoms with Crippen LogP contribution < -0.4 is 10.4 Å². The first-order chi connectivity index (χ1) is 29.0. The lowest BCUT2D eigenvalue weighted by Gasteiger charge is -2.47. The molecule has 0 aromatic heterocycles. The molecule has 6 aromatic rings. The van der Waals surface area contributed by atoms with E-state index in [-0.39, 0.29) is 23.3 Å². The van der Waals surface area contributed by atoms with Crippen LogP contribution in [0.5, 0.6) is 0 Å². The summed E-state index contributed by atoms with van der Waals surface area (Å²) in [4.78, 5) is 43.1. The van der Waals surface area contributed by atoms with E-state index in [2.05, 4.69) is 61.0 Å². The van der Waals surface area contributed by atoms with Gasteiger partial charge in [-0.1, -0.05) is 164 Å². The van der Waals surface area contributed by atoms with E-state index in [9.17, 15) is 14.4 Å². The molecule has 1 fully saturated rings. The van der Waals surface area contributed by atoms with Crippen LogP contribution >= 0.6 is 27.7 Å². The third kappa shape index (κ3) is 9.83. The molecule has 1 aliphatic heterocycles. The van der Waals surface area contributed by atoms with Gasteiger partial charge in [-0.05, 0) is 76.1 Å². The minimum absolute atomic E-state index is 0.0733. The summed E-state index contributed by atoms with van der Waals surface area (Å²) >= 11 is 4.83. The first-order valence-electron chi connectivity index (χ1n) is 19.6. The zero-order chi connectivity index (χ0) is 42.1. The summed E-state index contributed by atoms with van der Waals surface area (Å²) in [6.45, 7) is 6.44. The summed E-state index contributed by atoms with van der Waals surface area (Å²) in [5.74, 6) is -2.03. The summed E-state index contributed by atoms with van der Waals surface area (Å²) in [6.07, 6.45) is -4.95. The highest BCUT2D eigenvalue weighted by Crippen LogP contribution is 2.41. The van der Waals surface area contributed by atoms with Crippen molar-refractivity contribution in [2.24, 2.45) is 0 Å². The van der Waals surface area contributed by atoms with Crippen molar-refractivity contribution in [2.45, 2.75) is 60.6 Å². The van der Waals surface area contributed by atoms with Crippen molar-refractivity contribution >= 4 is 64.3 Å². The largest absolute Gasteiger partial charge is 0.452 e. The number of benzene rings is 6. The van der Waals surface area contributed by atoms with Crippen LogP contribution in [0.15, 0.2) is 185 Å². The molecule has 1 saturated heterocycles. The summed E-state index contributed by atoms with van der Waals surface area (Å²) in [6, 6.07) is 53.6. The van der Waals surface area contributed by atoms with Crippen molar-refractivity contribution in [1.29, 1.82) is 0 Å². The zero-order valence-corrected chi connectivity index (χ0v) is 36.8. The highest BCUT2D eigenvalue weighted by molar-refractivity contribution is 9.10. The number of carbonyl (C=O) groups excluding carboxylic acids is 3. The van der Waals surface area contributed by atoms with E-state index < -0.39 is 61.1 Å². The molecule has 5 atom stereocenters. The molecule has 0 radical (unpaired) electrons. The SMILES string of the molecule is CC(C)(C)[Si](OC[C@H]1O[C@@H](Sc2ccc(Br)cc2)[C@H](OC(=O)c2ccccc2)[C@@H](OC(=O)c2ccccc2)[C@H]1OC(=O)c1ccccc1)(c1ccccc1)c1ccccc1. The monoisotopic (exact) mass is 900 g/mol. The Balaban J connectivity index is 1.37. The maximum absolute atomic E-state index is 14.2. The number of hydrogen-bond donors (Lipinski definition) is 0. The Morgan fingerprint density at radius 1 is 0.550 bits per heavy atom. The van der Waals surface area contributed by atoms with Crippen molar-refractivity contribution in [2.75, 3.05) is 6.61 Å². The van der Waals surface area contributed by atoms with E-state index in [1.54, 1.807) is 91.0 Å². The minimum atomic E-state index is -3.19. The molecule has 0 spiro atoms. The number of esters is 3. The average molecular weight is 902 g/mol. The maximum atomic E-state index is 14.2. The van der Waals surface area contributed by atoms with Crippen LogP contribution in [0.25, 0.3) is 0 Å². The van der Waals surface area contributed by atoms with Crippen LogP contribution in [0, 0.1) is 0 Å². The fraction of sp³-hybridized carbons (Fsp3) is 0.204. The van der Waals surface area contributed by atoms with Gasteiger partial charge in [0.25, 0.3) is 8.32 Å². The van der Waals surface area contributed by atoms with Gasteiger partial charge in [0.05, 0.1) is 23.3 Å². The quantitative estimate of drug-likeness (QED) is 0.0638. The topological polar surface area (TPSA) is 97.4 Å². The van der Waals surface area contributed by atoms with Gasteiger partial charge in [0.15, 0.2) is 18.3 Å². The Bertz CT molecular complexity index is 2290. The van der Waals surface area contributed by atoms with Crippen LogP contribution in [-0.2, 0) is 23.4 Å². The number of thioether (sulfide) groups is 1. The summed E-state index contributed by atoms with van der Waals surface area (Å²) in [5, 5.41) is 1.68. The first kappa shape index (κ1) is 42.8. The fourth-order valence-corrected chi connectivity index (χ4v) is 13.4. The Morgan fingerprint density at radius 2 is 0.933 bits per heavy atom. The second-order valence-corrected chi connectivity index (χ2v) is 21.7. The Labute approximate surface area is 364 Å². The van der Waals surface area contributed by atoms with Crippen molar-refractivity contribution in [3.63, 3.8) is 0 Å². The van der Waals surface area contributed by atoms with Gasteiger partial charge in [0.2, 0.25) is 0 Å². The lowest BCUT2D eigenvalue weighted by Crippen LogP contribution is -2.68. The van der Waals surface area contributed by atoms with E-state index in [4.69, 9.17) is 23.4 Å². The minimum Gasteiger partial charge on any atom is -0.452 e. The molecular weight excluding hydrogens is 857 g/mol. The zero-order valence-electron chi connectivity index (χ0n) is 33.4. The second-order valence-electron chi connectivity index (χ2n) is 15.3. The molecule has 0 saturated carbocycles. The van der Waals surface area contributed by atoms with Crippen molar-refractivity contribution in [3.8, 4) is 0 Å². The number of halogens is 1. The van der Waals surface area contributed by atoms with Crippen molar-refractivity contribution < 1.29 is 37.8 Å². The lowest BCUT2D eigenvalue weighted by atomic mass is 9.98. The highest BCUT2D eigenvalue weighted by atomic mass is 79.9. The van der Waals surface area contributed by atoms with Crippen LogP contribution in [0.2, 0.25) is 5.04 Å². The molecule has 60 heavy (non-hydrogen) atoms. The van der Waals surface area contributed by atoms with E-state index in [0.29, 0.717) is 0 Å². The molecule has 1 heterocycles. The molecule has 0 aliphatic carbocycles. The van der Waals surface area contributed by atoms with Crippen LogP contribution in [0.3, 0.4) is 0 Å². The van der Waals surface area contributed by atoms with Gasteiger partial charge >= 0.3 is 17.9 Å². The van der Waals surface area contributed by atoms with E-state index >= 15 is 0 Å². The molecule has 6 aromatic carbocycles. The smallest absolute Gasteiger partial charge is 0.338 e. The number of rotatable bonds is 13. The van der Waals surface area contributed by atoms with Gasteiger partial charge < -0.3 is 23.4 Å². The highest BCUT2D eigenvalue weighted by Gasteiger charge is 2.56. The molecular formula is C49H45BrO8SSi. The van der Waals surface area contributed by atoms with Crippen LogP contribution in [-0.4, -0.2) is 62.7 Å². The molecule has 11 heteroatoms. The Hall–Kier alpha value is -5.30. The number of hydrogen-bond acceptors (Lipinski definition) is 9. The molecule has 0 N–H and O–H groups in total. The van der Waals surface area contributed by atoms with Gasteiger partial charge in [-0.3, -0.25) is 0 Å². The number of ether oxygens (including phenoxy) is 4. The molecule has 0 bridgehead atoms. The summed E-state index contributed by atoms with van der Waals surface area (Å²) in [5.41, 5.74) is -0.135. The number of carbonyl (C=O) groups is 3. The predicted octanol–water partition coefficient (Wildman–Crippen LogP) is 9.52. The lowest BCUT2D eigenvalue weighted by molar-refractivity contribution is -0.206. The summed E-state index contributed by atoms with van der Waals surface area (Å²) in [7, 11) is -3.19. The molecule has 0 amide bonds. The molecule has 8 nitrogen and oxygen atoms in total. The third-order valence-corrected chi connectivity index (χ3v) is 17.0. The Morgan fingerprint density at radius 3 is 1.35 bits per heavy atom. The van der Waals surface area contributed by atoms with Gasteiger partial charge in [-0.2, -0.15) is 0 Å². The average Bonchev–Trinajstić information content (AvgIpc) is 3.27. The molecule has 1 aliphatic rings. The normalized spacial score (nSPS) is 19.2. The standard InChI is InChI=1S/C49H45BrO8SSi/c1-49(2,3)60(39-25-15-7-16-26-39,40-27-17-8-18-28-40)54-33-41-42(56-45(51)34-19-9-4-10-20-34)43(57-46(52)35-21-11-5-12-22-35)44(58-47(53)36-23-13-6-14-24-36)48(55-41)59-38-31-29-37(50)30-32-38/h4-32,41-44,48H,33H2,1-3H3/t41-,42+,43+,44-,48+/m1/s1. The predicted molar refractivity (Wildman–Crippen MR) is 239 cm³/mol. The van der Waals surface area contributed by atoms with Gasteiger partial charge in [-0.15, -0.1) is 0 Å². The van der Waals surface area contributed by atoms with Crippen molar-refractivity contribution in [3.05, 3.63) is 197 Å². The molecule has 306 valence electrons. The van der Waals surface area contributed by atoms with Crippen LogP contribution in [0.1, 0.15) is 51.8 Å². The van der Waals surface area contributed by atoms with Crippen LogP contribution in [0.4, 0.5) is 0 Å². The molecule has 0 unspecified atom stereocenters. The maximum Gasteiger partial charge on any atom is 0.338 e. The van der Waals surface area contributed by atoms with Gasteiger partial charge in [0.1, 0.15) is 11.5 Å². The Kier molecular flexibility index (Phi) is 13.8. The first-order valence-corrected chi connectivity index (χ1v) is 23.2. The van der Waals surface area contributed by atoms with Gasteiger partial charge in [-0.25, -0.2) is 14.4 Å². The van der Waals surface area contributed by atoms with E-state index in [1.165, 1.54) is 11.8 Å². The third-order valence-electron chi connectivity index (χ3n) is 10.3. The van der Waals surface area contributed by atoms with E-state index in [1.807, 2.05) is 60.7 Å². The van der Waals surface area contributed by atoms with Gasteiger partial charge in [0, 0.05) is 9.37 Å². The van der Waals surface area contributed by atoms with E-state index in [0.717, 1.165) is 19.7 Å².